The molecule has 0 aliphatic heterocycles. The third-order valence-electron chi connectivity index (χ3n) is 2.05. The highest BCUT2D eigenvalue weighted by Crippen LogP contribution is 2.25. The van der Waals surface area contributed by atoms with Crippen molar-refractivity contribution in [2.24, 2.45) is 0 Å². The number of methoxy groups -OCH3 is 1. The van der Waals surface area contributed by atoms with Gasteiger partial charge in [-0.25, -0.2) is 8.42 Å². The van der Waals surface area contributed by atoms with E-state index in [1.54, 1.807) is 19.1 Å². The summed E-state index contributed by atoms with van der Waals surface area (Å²) in [6.07, 6.45) is 0. The number of ketones is 1. The normalized spacial score (nSPS) is 11.2. The lowest BCUT2D eigenvalue weighted by Gasteiger charge is -2.09. The van der Waals surface area contributed by atoms with Gasteiger partial charge in [-0.3, -0.25) is 4.79 Å². The third kappa shape index (κ3) is 2.82. The Balaban J connectivity index is 3.31. The predicted molar refractivity (Wildman–Crippen MR) is 60.5 cm³/mol. The zero-order chi connectivity index (χ0) is 12.3. The summed E-state index contributed by atoms with van der Waals surface area (Å²) in [4.78, 5) is 11.0. The molecule has 88 valence electrons. The van der Waals surface area contributed by atoms with Gasteiger partial charge >= 0.3 is 0 Å². The van der Waals surface area contributed by atoms with Crippen LogP contribution in [0.25, 0.3) is 0 Å². The maximum absolute atomic E-state index is 11.9. The van der Waals surface area contributed by atoms with Crippen molar-refractivity contribution in [3.8, 4) is 5.75 Å². The van der Waals surface area contributed by atoms with Crippen molar-refractivity contribution in [3.63, 3.8) is 0 Å². The van der Waals surface area contributed by atoms with E-state index in [9.17, 15) is 13.2 Å². The molecule has 16 heavy (non-hydrogen) atoms. The number of aryl methyl sites for hydroxylation is 1. The molecule has 0 aromatic heterocycles. The van der Waals surface area contributed by atoms with Crippen molar-refractivity contribution in [1.82, 2.24) is 0 Å². The van der Waals surface area contributed by atoms with Crippen LogP contribution in [-0.2, 0) is 14.6 Å². The van der Waals surface area contributed by atoms with Crippen LogP contribution < -0.4 is 4.74 Å². The first-order valence-corrected chi connectivity index (χ1v) is 6.39. The molecule has 0 spiro atoms. The fourth-order valence-corrected chi connectivity index (χ4v) is 2.89. The molecule has 0 aliphatic carbocycles. The minimum absolute atomic E-state index is 0.0743. The van der Waals surface area contributed by atoms with E-state index in [0.717, 1.165) is 5.56 Å². The summed E-state index contributed by atoms with van der Waals surface area (Å²) < 4.78 is 28.7. The molecular weight excluding hydrogens is 228 g/mol. The van der Waals surface area contributed by atoms with E-state index in [-0.39, 0.29) is 16.4 Å². The van der Waals surface area contributed by atoms with Crippen LogP contribution in [0.5, 0.6) is 5.75 Å². The highest BCUT2D eigenvalue weighted by atomic mass is 32.2. The van der Waals surface area contributed by atoms with Crippen LogP contribution in [-0.4, -0.2) is 27.1 Å². The molecule has 0 heterocycles. The van der Waals surface area contributed by atoms with E-state index < -0.39 is 15.6 Å². The van der Waals surface area contributed by atoms with Gasteiger partial charge in [-0.05, 0) is 31.5 Å². The summed E-state index contributed by atoms with van der Waals surface area (Å²) in [5.41, 5.74) is 0.808. The summed E-state index contributed by atoms with van der Waals surface area (Å²) in [7, 11) is -2.20. The molecule has 0 unspecified atom stereocenters. The monoisotopic (exact) mass is 242 g/mol. The van der Waals surface area contributed by atoms with Gasteiger partial charge in [0.05, 0.1) is 7.11 Å². The van der Waals surface area contributed by atoms with Crippen LogP contribution in [0.3, 0.4) is 0 Å². The van der Waals surface area contributed by atoms with Crippen molar-refractivity contribution in [2.75, 3.05) is 12.9 Å². The van der Waals surface area contributed by atoms with Crippen molar-refractivity contribution in [2.45, 2.75) is 18.7 Å². The lowest BCUT2D eigenvalue weighted by Crippen LogP contribution is -2.14. The quantitative estimate of drug-likeness (QED) is 0.800. The lowest BCUT2D eigenvalue weighted by molar-refractivity contribution is -0.114. The molecule has 0 fully saturated rings. The number of rotatable bonds is 4. The molecule has 0 radical (unpaired) electrons. The van der Waals surface area contributed by atoms with Gasteiger partial charge in [0.2, 0.25) is 0 Å². The fourth-order valence-electron chi connectivity index (χ4n) is 1.37. The van der Waals surface area contributed by atoms with Gasteiger partial charge in [0.25, 0.3) is 0 Å². The SMILES string of the molecule is COc1ccc(C)cc1S(=O)(=O)CC(C)=O. The summed E-state index contributed by atoms with van der Waals surface area (Å²) in [6, 6.07) is 4.85. The number of hydrogen-bond acceptors (Lipinski definition) is 4. The molecule has 4 nitrogen and oxygen atoms in total. The number of sulfone groups is 1. The Labute approximate surface area is 95.2 Å². The van der Waals surface area contributed by atoms with E-state index in [2.05, 4.69) is 0 Å². The second-order valence-electron chi connectivity index (χ2n) is 3.62. The van der Waals surface area contributed by atoms with Gasteiger partial charge in [0, 0.05) is 0 Å². The standard InChI is InChI=1S/C11H14O4S/c1-8-4-5-10(15-3)11(6-8)16(13,14)7-9(2)12/h4-6H,7H2,1-3H3. The van der Waals surface area contributed by atoms with E-state index in [1.165, 1.54) is 20.1 Å². The van der Waals surface area contributed by atoms with Crippen molar-refractivity contribution in [3.05, 3.63) is 23.8 Å². The summed E-state index contributed by atoms with van der Waals surface area (Å²) in [6.45, 7) is 3.03. The molecule has 1 aromatic rings. The number of carbonyl (C=O) groups is 1. The van der Waals surface area contributed by atoms with Gasteiger partial charge in [0.1, 0.15) is 22.2 Å². The Morgan fingerprint density at radius 2 is 2.00 bits per heavy atom. The van der Waals surface area contributed by atoms with E-state index in [0.29, 0.717) is 0 Å². The van der Waals surface area contributed by atoms with Crippen LogP contribution in [0.2, 0.25) is 0 Å². The second-order valence-corrected chi connectivity index (χ2v) is 5.57. The zero-order valence-electron chi connectivity index (χ0n) is 9.48. The fraction of sp³-hybridized carbons (Fsp3) is 0.364. The first-order valence-electron chi connectivity index (χ1n) is 4.73. The van der Waals surface area contributed by atoms with Crippen LogP contribution in [0, 0.1) is 6.92 Å². The molecule has 0 N–H and O–H groups in total. The van der Waals surface area contributed by atoms with Crippen LogP contribution in [0.4, 0.5) is 0 Å². The molecule has 1 rings (SSSR count). The molecule has 5 heteroatoms. The Morgan fingerprint density at radius 3 is 2.50 bits per heavy atom. The highest BCUT2D eigenvalue weighted by Gasteiger charge is 2.21. The van der Waals surface area contributed by atoms with Gasteiger partial charge in [-0.15, -0.1) is 0 Å². The number of ether oxygens (including phenoxy) is 1. The smallest absolute Gasteiger partial charge is 0.189 e. The van der Waals surface area contributed by atoms with Crippen LogP contribution >= 0.6 is 0 Å². The minimum Gasteiger partial charge on any atom is -0.495 e. The first-order chi connectivity index (χ1) is 7.36. The number of hydrogen-bond donors (Lipinski definition) is 0. The summed E-state index contributed by atoms with van der Waals surface area (Å²) in [5, 5.41) is 0. The average molecular weight is 242 g/mol. The molecule has 0 aliphatic rings. The highest BCUT2D eigenvalue weighted by molar-refractivity contribution is 7.92. The van der Waals surface area contributed by atoms with Crippen LogP contribution in [0.1, 0.15) is 12.5 Å². The van der Waals surface area contributed by atoms with Crippen molar-refractivity contribution in [1.29, 1.82) is 0 Å². The van der Waals surface area contributed by atoms with Crippen molar-refractivity contribution < 1.29 is 17.9 Å². The van der Waals surface area contributed by atoms with Crippen LogP contribution in [0.15, 0.2) is 23.1 Å². The van der Waals surface area contributed by atoms with Gasteiger partial charge in [0.15, 0.2) is 9.84 Å². The molecule has 1 aromatic carbocycles. The van der Waals surface area contributed by atoms with Gasteiger partial charge in [-0.2, -0.15) is 0 Å². The molecule has 0 bridgehead atoms. The Bertz CT molecular complexity index is 503. The minimum atomic E-state index is -3.60. The molecule has 0 saturated carbocycles. The Morgan fingerprint density at radius 1 is 1.38 bits per heavy atom. The number of carbonyl (C=O) groups excluding carboxylic acids is 1. The topological polar surface area (TPSA) is 60.4 Å². The molecule has 0 amide bonds. The number of Topliss-reactive ketones (excluding diaryl/α,β-unsaturated/α-hetero) is 1. The lowest BCUT2D eigenvalue weighted by atomic mass is 10.2. The van der Waals surface area contributed by atoms with Crippen molar-refractivity contribution >= 4 is 15.6 Å². The Kier molecular flexibility index (Phi) is 3.70. The third-order valence-corrected chi connectivity index (χ3v) is 3.82. The van der Waals surface area contributed by atoms with E-state index in [1.807, 2.05) is 0 Å². The van der Waals surface area contributed by atoms with Gasteiger partial charge in [-0.1, -0.05) is 6.07 Å². The second kappa shape index (κ2) is 4.65. The summed E-state index contributed by atoms with van der Waals surface area (Å²) in [5.74, 6) is -0.609. The average Bonchev–Trinajstić information content (AvgIpc) is 2.15. The molecule has 0 atom stereocenters. The molecule has 0 saturated heterocycles. The van der Waals surface area contributed by atoms with E-state index in [4.69, 9.17) is 4.74 Å². The summed E-state index contributed by atoms with van der Waals surface area (Å²) >= 11 is 0. The zero-order valence-corrected chi connectivity index (χ0v) is 10.3. The maximum atomic E-state index is 11.9. The van der Waals surface area contributed by atoms with E-state index >= 15 is 0 Å². The predicted octanol–water partition coefficient (Wildman–Crippen LogP) is 1.37. The largest absolute Gasteiger partial charge is 0.495 e. The number of benzene rings is 1. The van der Waals surface area contributed by atoms with Gasteiger partial charge < -0.3 is 4.74 Å². The Hall–Kier alpha value is -1.36. The first kappa shape index (κ1) is 12.7. The maximum Gasteiger partial charge on any atom is 0.189 e. The molecular formula is C11H14O4S.